The second-order valence-electron chi connectivity index (χ2n) is 6.11. The van der Waals surface area contributed by atoms with Crippen molar-refractivity contribution >= 4 is 55.0 Å². The molecule has 142 valence electrons. The smallest absolute Gasteiger partial charge is 0.293 e. The molecule has 0 fully saturated rings. The normalized spacial score (nSPS) is 10.9. The fourth-order valence-corrected chi connectivity index (χ4v) is 4.27. The minimum absolute atomic E-state index is 0.120. The molecule has 0 unspecified atom stereocenters. The van der Waals surface area contributed by atoms with Gasteiger partial charge in [-0.15, -0.1) is 11.3 Å². The Kier molecular flexibility index (Phi) is 5.18. The molecule has 2 N–H and O–H groups in total. The summed E-state index contributed by atoms with van der Waals surface area (Å²) < 4.78 is 6.09. The van der Waals surface area contributed by atoms with E-state index in [9.17, 15) is 9.59 Å². The van der Waals surface area contributed by atoms with Crippen LogP contribution in [0.15, 0.2) is 46.4 Å². The van der Waals surface area contributed by atoms with E-state index in [0.29, 0.717) is 16.7 Å². The van der Waals surface area contributed by atoms with Crippen LogP contribution in [-0.4, -0.2) is 21.8 Å². The lowest BCUT2D eigenvalue weighted by Crippen LogP contribution is -2.12. The van der Waals surface area contributed by atoms with Gasteiger partial charge in [-0.1, -0.05) is 17.4 Å². The van der Waals surface area contributed by atoms with E-state index in [4.69, 9.17) is 4.42 Å². The van der Waals surface area contributed by atoms with Gasteiger partial charge >= 0.3 is 0 Å². The summed E-state index contributed by atoms with van der Waals surface area (Å²) >= 11 is 2.77. The van der Waals surface area contributed by atoms with Crippen LogP contribution in [0.4, 0.5) is 10.3 Å². The number of aryl methyl sites for hydroxylation is 2. The monoisotopic (exact) mass is 412 g/mol. The molecule has 1 aromatic carbocycles. The topological polar surface area (TPSA) is 97.1 Å². The highest BCUT2D eigenvalue weighted by molar-refractivity contribution is 7.22. The number of thiazole rings is 2. The third-order valence-electron chi connectivity index (χ3n) is 3.92. The second-order valence-corrected chi connectivity index (χ2v) is 8.00. The van der Waals surface area contributed by atoms with Crippen LogP contribution in [-0.2, 0) is 11.2 Å². The number of aromatic nitrogens is 2. The number of hydrogen-bond donors (Lipinski definition) is 2. The van der Waals surface area contributed by atoms with Crippen molar-refractivity contribution < 1.29 is 14.0 Å². The molecule has 0 aliphatic rings. The van der Waals surface area contributed by atoms with Gasteiger partial charge in [-0.25, -0.2) is 9.97 Å². The summed E-state index contributed by atoms with van der Waals surface area (Å²) in [4.78, 5) is 32.9. The number of carbonyl (C=O) groups excluding carboxylic acids is 2. The standard InChI is InChI=1S/C19H16N4O3S2/c1-11-4-6-13-15(9-11)28-19(21-13)22-16(24)7-5-12-10-27-18(20-12)23-17(25)14-3-2-8-26-14/h2-4,6,8-10H,5,7H2,1H3,(H,20,23,25)(H,21,22,24). The van der Waals surface area contributed by atoms with Crippen LogP contribution in [0.3, 0.4) is 0 Å². The van der Waals surface area contributed by atoms with Crippen LogP contribution >= 0.6 is 22.7 Å². The number of nitrogens with one attached hydrogen (secondary N) is 2. The van der Waals surface area contributed by atoms with E-state index in [-0.39, 0.29) is 24.0 Å². The van der Waals surface area contributed by atoms with Gasteiger partial charge in [0.25, 0.3) is 5.91 Å². The van der Waals surface area contributed by atoms with E-state index in [1.54, 1.807) is 12.1 Å². The predicted molar refractivity (Wildman–Crippen MR) is 110 cm³/mol. The molecular formula is C19H16N4O3S2. The van der Waals surface area contributed by atoms with Gasteiger partial charge in [-0.3, -0.25) is 14.9 Å². The number of benzene rings is 1. The Morgan fingerprint density at radius 2 is 2.04 bits per heavy atom. The van der Waals surface area contributed by atoms with Gasteiger partial charge in [0.2, 0.25) is 5.91 Å². The maximum Gasteiger partial charge on any atom is 0.293 e. The number of carbonyl (C=O) groups is 2. The highest BCUT2D eigenvalue weighted by atomic mass is 32.1. The average Bonchev–Trinajstić information content (AvgIpc) is 3.40. The van der Waals surface area contributed by atoms with Gasteiger partial charge in [-0.2, -0.15) is 0 Å². The lowest BCUT2D eigenvalue weighted by molar-refractivity contribution is -0.116. The van der Waals surface area contributed by atoms with Crippen molar-refractivity contribution in [2.24, 2.45) is 0 Å². The molecule has 0 saturated carbocycles. The van der Waals surface area contributed by atoms with Gasteiger partial charge < -0.3 is 9.73 Å². The molecule has 0 spiro atoms. The molecule has 28 heavy (non-hydrogen) atoms. The number of anilines is 2. The SMILES string of the molecule is Cc1ccc2nc(NC(=O)CCc3csc(NC(=O)c4ccco4)n3)sc2c1. The van der Waals surface area contributed by atoms with Crippen molar-refractivity contribution in [3.63, 3.8) is 0 Å². The van der Waals surface area contributed by atoms with Crippen LogP contribution in [0.2, 0.25) is 0 Å². The number of nitrogens with zero attached hydrogens (tertiary/aromatic N) is 2. The molecule has 4 aromatic rings. The lowest BCUT2D eigenvalue weighted by Gasteiger charge is -2.00. The van der Waals surface area contributed by atoms with Crippen molar-refractivity contribution in [1.29, 1.82) is 0 Å². The first kappa shape index (κ1) is 18.3. The molecule has 4 rings (SSSR count). The fraction of sp³-hybridized carbons (Fsp3) is 0.158. The summed E-state index contributed by atoms with van der Waals surface area (Å²) in [5.74, 6) is -0.248. The first-order valence-corrected chi connectivity index (χ1v) is 10.2. The Hall–Kier alpha value is -3.04. The second kappa shape index (κ2) is 7.91. The van der Waals surface area contributed by atoms with E-state index >= 15 is 0 Å². The van der Waals surface area contributed by atoms with Crippen molar-refractivity contribution in [2.45, 2.75) is 19.8 Å². The summed E-state index contributed by atoms with van der Waals surface area (Å²) in [5, 5.41) is 8.41. The zero-order valence-corrected chi connectivity index (χ0v) is 16.5. The summed E-state index contributed by atoms with van der Waals surface area (Å²) in [6.45, 7) is 2.02. The third-order valence-corrected chi connectivity index (χ3v) is 5.66. The molecule has 0 bridgehead atoms. The Morgan fingerprint density at radius 3 is 2.86 bits per heavy atom. The predicted octanol–water partition coefficient (Wildman–Crippen LogP) is 4.48. The molecule has 0 radical (unpaired) electrons. The quantitative estimate of drug-likeness (QED) is 0.487. The number of hydrogen-bond acceptors (Lipinski definition) is 7. The Morgan fingerprint density at radius 1 is 1.14 bits per heavy atom. The summed E-state index contributed by atoms with van der Waals surface area (Å²) in [6, 6.07) is 9.23. The maximum absolute atomic E-state index is 12.2. The largest absolute Gasteiger partial charge is 0.459 e. The molecule has 9 heteroatoms. The Balaban J connectivity index is 1.31. The van der Waals surface area contributed by atoms with Gasteiger partial charge in [0.1, 0.15) is 0 Å². The molecule has 0 saturated heterocycles. The number of rotatable bonds is 6. The molecule has 0 aliphatic heterocycles. The van der Waals surface area contributed by atoms with E-state index in [2.05, 4.69) is 26.7 Å². The Bertz CT molecular complexity index is 1130. The molecule has 3 aromatic heterocycles. The lowest BCUT2D eigenvalue weighted by atomic mass is 10.2. The number of fused-ring (bicyclic) bond motifs is 1. The van der Waals surface area contributed by atoms with Gasteiger partial charge in [0.05, 0.1) is 22.2 Å². The van der Waals surface area contributed by atoms with Crippen LogP contribution in [0.5, 0.6) is 0 Å². The van der Waals surface area contributed by atoms with Crippen molar-refractivity contribution in [3.8, 4) is 0 Å². The van der Waals surface area contributed by atoms with Gasteiger partial charge in [-0.05, 0) is 43.2 Å². The summed E-state index contributed by atoms with van der Waals surface area (Å²) in [7, 11) is 0. The Labute approximate surface area is 168 Å². The van der Waals surface area contributed by atoms with Crippen LogP contribution in [0.1, 0.15) is 28.2 Å². The van der Waals surface area contributed by atoms with Gasteiger partial charge in [0.15, 0.2) is 16.0 Å². The van der Waals surface area contributed by atoms with Crippen molar-refractivity contribution in [2.75, 3.05) is 10.6 Å². The van der Waals surface area contributed by atoms with Gasteiger partial charge in [0, 0.05) is 11.8 Å². The molecule has 7 nitrogen and oxygen atoms in total. The van der Waals surface area contributed by atoms with E-state index in [1.165, 1.54) is 28.9 Å². The van der Waals surface area contributed by atoms with Crippen LogP contribution in [0.25, 0.3) is 10.2 Å². The third kappa shape index (κ3) is 4.26. The van der Waals surface area contributed by atoms with E-state index in [1.807, 2.05) is 24.4 Å². The first-order valence-electron chi connectivity index (χ1n) is 8.53. The van der Waals surface area contributed by atoms with E-state index < -0.39 is 0 Å². The summed E-state index contributed by atoms with van der Waals surface area (Å²) in [5.41, 5.74) is 2.78. The molecule has 0 atom stereocenters. The fourth-order valence-electron chi connectivity index (χ4n) is 2.55. The van der Waals surface area contributed by atoms with Crippen LogP contribution < -0.4 is 10.6 Å². The minimum Gasteiger partial charge on any atom is -0.459 e. The van der Waals surface area contributed by atoms with E-state index in [0.717, 1.165) is 21.5 Å². The number of furan rings is 1. The zero-order chi connectivity index (χ0) is 19.5. The highest BCUT2D eigenvalue weighted by Gasteiger charge is 2.13. The molecule has 2 amide bonds. The molecular weight excluding hydrogens is 396 g/mol. The molecule has 0 aliphatic carbocycles. The van der Waals surface area contributed by atoms with Crippen molar-refractivity contribution in [3.05, 3.63) is 59.0 Å². The number of amides is 2. The maximum atomic E-state index is 12.2. The molecule has 3 heterocycles. The average molecular weight is 412 g/mol. The summed E-state index contributed by atoms with van der Waals surface area (Å²) in [6.07, 6.45) is 2.20. The first-order chi connectivity index (χ1) is 13.6. The van der Waals surface area contributed by atoms with Crippen molar-refractivity contribution in [1.82, 2.24) is 9.97 Å². The van der Waals surface area contributed by atoms with Crippen LogP contribution in [0, 0.1) is 6.92 Å². The minimum atomic E-state index is -0.352. The highest BCUT2D eigenvalue weighted by Crippen LogP contribution is 2.27. The zero-order valence-electron chi connectivity index (χ0n) is 14.9.